The summed E-state index contributed by atoms with van der Waals surface area (Å²) in [5.74, 6) is 0. The maximum absolute atomic E-state index is 3.36. The van der Waals surface area contributed by atoms with Crippen LogP contribution >= 0.6 is 0 Å². The molecule has 0 saturated heterocycles. The second kappa shape index (κ2) is 6.40. The van der Waals surface area contributed by atoms with Gasteiger partial charge >= 0.3 is 0 Å². The van der Waals surface area contributed by atoms with E-state index in [1.165, 1.54) is 11.1 Å². The maximum atomic E-state index is 3.36. The topological polar surface area (TPSA) is 37.0 Å². The molecule has 4 rings (SSSR count). The van der Waals surface area contributed by atoms with E-state index in [4.69, 9.17) is 0 Å². The molecule has 0 aromatic heterocycles. The van der Waals surface area contributed by atoms with Crippen LogP contribution in [0.1, 0.15) is 11.1 Å². The molecule has 2 aliphatic rings. The molecule has 0 atom stereocenters. The number of aryl methyl sites for hydroxylation is 2. The van der Waals surface area contributed by atoms with Gasteiger partial charge in [0.2, 0.25) is 0 Å². The highest BCUT2D eigenvalue weighted by Crippen LogP contribution is 2.28. The second-order valence-electron chi connectivity index (χ2n) is 6.76. The Hall–Kier alpha value is -2.96. The molecule has 2 aromatic carbocycles. The number of benzene rings is 2. The summed E-state index contributed by atoms with van der Waals surface area (Å²) < 4.78 is 0. The van der Waals surface area contributed by atoms with Gasteiger partial charge in [-0.25, -0.2) is 0 Å². The highest BCUT2D eigenvalue weighted by Gasteiger charge is 2.28. The van der Waals surface area contributed by atoms with Gasteiger partial charge in [0, 0.05) is 14.1 Å². The van der Waals surface area contributed by atoms with E-state index >= 15 is 0 Å². The number of anilines is 2. The molecule has 26 heavy (non-hydrogen) atoms. The fourth-order valence-electron chi connectivity index (χ4n) is 3.06. The second-order valence-corrected chi connectivity index (χ2v) is 6.76. The van der Waals surface area contributed by atoms with Crippen LogP contribution < -0.4 is 21.1 Å². The van der Waals surface area contributed by atoms with Crippen molar-refractivity contribution >= 4 is 11.4 Å². The quantitative estimate of drug-likeness (QED) is 0.888. The Morgan fingerprint density at radius 2 is 0.923 bits per heavy atom. The molecule has 2 heterocycles. The fraction of sp³-hybridized carbons (Fsp3) is 0.200. The molecule has 134 valence electrons. The molecule has 0 bridgehead atoms. The molecule has 0 radical (unpaired) electrons. The SMILES string of the molecule is Cc1ccc(N2C=C(C3=CN(c4ccc(C)cc4)NN3C)N(C)N2)cc1. The molecule has 0 saturated carbocycles. The standard InChI is InChI=1S/C20H24N6/c1-15-5-9-17(10-6-15)25-13-19(23(3)21-25)20-14-26(22-24(20)4)18-11-7-16(2)8-12-18/h5-14,21-22H,1-4H3. The van der Waals surface area contributed by atoms with Gasteiger partial charge in [0.15, 0.2) is 0 Å². The summed E-state index contributed by atoms with van der Waals surface area (Å²) in [6, 6.07) is 16.9. The molecule has 0 aliphatic carbocycles. The van der Waals surface area contributed by atoms with Gasteiger partial charge in [-0.2, -0.15) is 0 Å². The Bertz CT molecular complexity index is 779. The molecule has 2 N–H and O–H groups in total. The molecule has 0 unspecified atom stereocenters. The Morgan fingerprint density at radius 1 is 0.577 bits per heavy atom. The van der Waals surface area contributed by atoms with Gasteiger partial charge < -0.3 is 0 Å². The molecule has 2 aliphatic heterocycles. The van der Waals surface area contributed by atoms with Crippen LogP contribution in [0.5, 0.6) is 0 Å². The minimum absolute atomic E-state index is 1.08. The summed E-state index contributed by atoms with van der Waals surface area (Å²) in [7, 11) is 4.03. The zero-order valence-electron chi connectivity index (χ0n) is 15.6. The Labute approximate surface area is 154 Å². The highest BCUT2D eigenvalue weighted by atomic mass is 15.8. The van der Waals surface area contributed by atoms with Crippen LogP contribution in [-0.2, 0) is 0 Å². The molecule has 2 aromatic rings. The first-order chi connectivity index (χ1) is 12.5. The number of nitrogens with one attached hydrogen (secondary N) is 2. The average Bonchev–Trinajstić information content (AvgIpc) is 3.19. The maximum Gasteiger partial charge on any atom is 0.0976 e. The van der Waals surface area contributed by atoms with Gasteiger partial charge in [-0.05, 0) is 38.1 Å². The van der Waals surface area contributed by atoms with E-state index in [-0.39, 0.29) is 0 Å². The summed E-state index contributed by atoms with van der Waals surface area (Å²) in [4.78, 5) is 0. The van der Waals surface area contributed by atoms with Crippen molar-refractivity contribution in [2.45, 2.75) is 13.8 Å². The van der Waals surface area contributed by atoms with Crippen LogP contribution in [0.2, 0.25) is 0 Å². The molecule has 0 spiro atoms. The van der Waals surface area contributed by atoms with Crippen LogP contribution in [0.3, 0.4) is 0 Å². The number of rotatable bonds is 3. The predicted molar refractivity (Wildman–Crippen MR) is 105 cm³/mol. The van der Waals surface area contributed by atoms with Gasteiger partial charge in [-0.1, -0.05) is 35.4 Å². The van der Waals surface area contributed by atoms with Crippen LogP contribution in [0.15, 0.2) is 72.3 Å². The highest BCUT2D eigenvalue weighted by molar-refractivity contribution is 5.55. The molecular formula is C20H24N6. The van der Waals surface area contributed by atoms with Crippen LogP contribution in [0, 0.1) is 13.8 Å². The molecule has 0 amide bonds. The first-order valence-corrected chi connectivity index (χ1v) is 8.67. The molecule has 0 fully saturated rings. The minimum Gasteiger partial charge on any atom is -0.290 e. The third kappa shape index (κ3) is 3.00. The number of nitrogens with zero attached hydrogens (tertiary/aromatic N) is 4. The molecular weight excluding hydrogens is 324 g/mol. The number of hydrazine groups is 4. The number of hydrogen-bond donors (Lipinski definition) is 2. The van der Waals surface area contributed by atoms with Gasteiger partial charge in [0.25, 0.3) is 0 Å². The van der Waals surface area contributed by atoms with Gasteiger partial charge in [-0.15, -0.1) is 11.1 Å². The van der Waals surface area contributed by atoms with Crippen molar-refractivity contribution < 1.29 is 0 Å². The van der Waals surface area contributed by atoms with Gasteiger partial charge in [0.05, 0.1) is 35.2 Å². The third-order valence-electron chi connectivity index (χ3n) is 4.63. The lowest BCUT2D eigenvalue weighted by Crippen LogP contribution is -2.40. The van der Waals surface area contributed by atoms with Crippen LogP contribution in [0.4, 0.5) is 11.4 Å². The van der Waals surface area contributed by atoms with E-state index in [2.05, 4.69) is 85.8 Å². The van der Waals surface area contributed by atoms with E-state index in [1.54, 1.807) is 0 Å². The Kier molecular flexibility index (Phi) is 4.06. The van der Waals surface area contributed by atoms with Crippen molar-refractivity contribution in [3.05, 3.63) is 83.5 Å². The van der Waals surface area contributed by atoms with Crippen molar-refractivity contribution in [1.82, 2.24) is 21.1 Å². The van der Waals surface area contributed by atoms with Crippen molar-refractivity contribution in [2.24, 2.45) is 0 Å². The van der Waals surface area contributed by atoms with Crippen molar-refractivity contribution in [1.29, 1.82) is 0 Å². The zero-order chi connectivity index (χ0) is 18.3. The van der Waals surface area contributed by atoms with Crippen molar-refractivity contribution in [3.8, 4) is 0 Å². The summed E-state index contributed by atoms with van der Waals surface area (Å²) in [5, 5.41) is 8.08. The van der Waals surface area contributed by atoms with Crippen molar-refractivity contribution in [3.63, 3.8) is 0 Å². The average molecular weight is 348 g/mol. The van der Waals surface area contributed by atoms with E-state index < -0.39 is 0 Å². The predicted octanol–water partition coefficient (Wildman–Crippen LogP) is 3.03. The lowest BCUT2D eigenvalue weighted by molar-refractivity contribution is 0.289. The van der Waals surface area contributed by atoms with Gasteiger partial charge in [0.1, 0.15) is 0 Å². The van der Waals surface area contributed by atoms with E-state index in [9.17, 15) is 0 Å². The summed E-state index contributed by atoms with van der Waals surface area (Å²) in [6.07, 6.45) is 4.21. The normalized spacial score (nSPS) is 17.1. The largest absolute Gasteiger partial charge is 0.290 e. The first-order valence-electron chi connectivity index (χ1n) is 8.67. The zero-order valence-corrected chi connectivity index (χ0v) is 15.6. The summed E-state index contributed by atoms with van der Waals surface area (Å²) in [5.41, 5.74) is 13.6. The lowest BCUT2D eigenvalue weighted by atomic mass is 10.2. The summed E-state index contributed by atoms with van der Waals surface area (Å²) in [6.45, 7) is 4.19. The Balaban J connectivity index is 1.60. The minimum atomic E-state index is 1.08. The fourth-order valence-corrected chi connectivity index (χ4v) is 3.06. The van der Waals surface area contributed by atoms with Crippen LogP contribution in [0.25, 0.3) is 0 Å². The van der Waals surface area contributed by atoms with E-state index in [1.807, 2.05) is 34.1 Å². The number of hydrogen-bond acceptors (Lipinski definition) is 6. The third-order valence-corrected chi connectivity index (χ3v) is 4.63. The first kappa shape index (κ1) is 16.5. The van der Waals surface area contributed by atoms with Crippen LogP contribution in [-0.4, -0.2) is 24.1 Å². The number of likely N-dealkylation sites (N-methyl/N-ethyl adjacent to an activating group) is 2. The summed E-state index contributed by atoms with van der Waals surface area (Å²) >= 11 is 0. The molecule has 6 nitrogen and oxygen atoms in total. The Morgan fingerprint density at radius 3 is 1.27 bits per heavy atom. The van der Waals surface area contributed by atoms with E-state index in [0.717, 1.165) is 22.8 Å². The lowest BCUT2D eigenvalue weighted by Gasteiger charge is -2.23. The smallest absolute Gasteiger partial charge is 0.0976 e. The van der Waals surface area contributed by atoms with Crippen molar-refractivity contribution in [2.75, 3.05) is 24.1 Å². The monoisotopic (exact) mass is 348 g/mol. The van der Waals surface area contributed by atoms with E-state index in [0.29, 0.717) is 0 Å². The molecule has 6 heteroatoms. The van der Waals surface area contributed by atoms with Gasteiger partial charge in [-0.3, -0.25) is 20.0 Å².